The number of hydrogen-bond acceptors (Lipinski definition) is 4. The first-order chi connectivity index (χ1) is 9.55. The van der Waals surface area contributed by atoms with E-state index in [-0.39, 0.29) is 5.97 Å². The van der Waals surface area contributed by atoms with Gasteiger partial charge in [0.05, 0.1) is 7.11 Å². The number of carbonyl (C=O) groups excluding carboxylic acids is 1. The van der Waals surface area contributed by atoms with Crippen molar-refractivity contribution < 1.29 is 9.53 Å². The van der Waals surface area contributed by atoms with Crippen LogP contribution < -0.4 is 5.32 Å². The van der Waals surface area contributed by atoms with Gasteiger partial charge in [0.2, 0.25) is 0 Å². The van der Waals surface area contributed by atoms with Crippen molar-refractivity contribution in [1.29, 1.82) is 0 Å². The minimum atomic E-state index is -0.536. The maximum atomic E-state index is 11.9. The van der Waals surface area contributed by atoms with Gasteiger partial charge < -0.3 is 15.0 Å². The maximum Gasteiger partial charge on any atom is 0.325 e. The van der Waals surface area contributed by atoms with Gasteiger partial charge in [0, 0.05) is 0 Å². The normalized spacial score (nSPS) is 20.6. The van der Waals surface area contributed by atoms with Crippen LogP contribution in [0.1, 0.15) is 52.9 Å². The quantitative estimate of drug-likeness (QED) is 0.695. The Balaban J connectivity index is 2.32. The summed E-state index contributed by atoms with van der Waals surface area (Å²) in [6.45, 7) is 10.6. The van der Waals surface area contributed by atoms with Crippen LogP contribution in [0.2, 0.25) is 0 Å². The predicted molar refractivity (Wildman–Crippen MR) is 82.8 cm³/mol. The van der Waals surface area contributed by atoms with Gasteiger partial charge in [0.15, 0.2) is 0 Å². The number of ether oxygens (including phenoxy) is 1. The average Bonchev–Trinajstić information content (AvgIpc) is 2.47. The first kappa shape index (κ1) is 17.4. The topological polar surface area (TPSA) is 41.6 Å². The summed E-state index contributed by atoms with van der Waals surface area (Å²) >= 11 is 0. The Kier molecular flexibility index (Phi) is 7.52. The molecule has 1 heterocycles. The monoisotopic (exact) mass is 284 g/mol. The zero-order valence-corrected chi connectivity index (χ0v) is 13.7. The minimum absolute atomic E-state index is 0.149. The number of carbonyl (C=O) groups is 1. The minimum Gasteiger partial charge on any atom is -0.468 e. The number of likely N-dealkylation sites (tertiary alicyclic amines) is 1. The van der Waals surface area contributed by atoms with Crippen LogP contribution in [-0.2, 0) is 9.53 Å². The Morgan fingerprint density at radius 1 is 1.35 bits per heavy atom. The highest BCUT2D eigenvalue weighted by molar-refractivity contribution is 5.80. The number of likely N-dealkylation sites (N-methyl/N-ethyl adjacent to an activating group) is 1. The number of piperidine rings is 1. The van der Waals surface area contributed by atoms with Crippen LogP contribution in [0, 0.1) is 5.92 Å². The Morgan fingerprint density at radius 3 is 2.50 bits per heavy atom. The molecule has 0 aliphatic carbocycles. The van der Waals surface area contributed by atoms with Gasteiger partial charge in [-0.25, -0.2) is 0 Å². The molecule has 1 saturated heterocycles. The lowest BCUT2D eigenvalue weighted by atomic mass is 9.93. The molecule has 1 fully saturated rings. The van der Waals surface area contributed by atoms with E-state index in [1.165, 1.54) is 39.5 Å². The SMILES string of the molecule is CCNC(C)(CCCN1CCC(CC)CC1)C(=O)OC. The second-order valence-electron chi connectivity index (χ2n) is 6.15. The van der Waals surface area contributed by atoms with Gasteiger partial charge in [-0.05, 0) is 64.7 Å². The largest absolute Gasteiger partial charge is 0.468 e. The van der Waals surface area contributed by atoms with Crippen LogP contribution in [0.5, 0.6) is 0 Å². The standard InChI is InChI=1S/C16H32N2O2/c1-5-14-8-12-18(13-9-14)11-7-10-16(3,17-6-2)15(19)20-4/h14,17H,5-13H2,1-4H3. The lowest BCUT2D eigenvalue weighted by molar-refractivity contribution is -0.148. The third kappa shape index (κ3) is 5.06. The Labute approximate surface area is 124 Å². The lowest BCUT2D eigenvalue weighted by Gasteiger charge is -2.33. The van der Waals surface area contributed by atoms with Crippen molar-refractivity contribution in [2.24, 2.45) is 5.92 Å². The van der Waals surface area contributed by atoms with E-state index < -0.39 is 5.54 Å². The predicted octanol–water partition coefficient (Wildman–Crippen LogP) is 2.43. The molecule has 0 radical (unpaired) electrons. The van der Waals surface area contributed by atoms with Crippen LogP contribution in [0.3, 0.4) is 0 Å². The molecule has 1 aliphatic rings. The van der Waals surface area contributed by atoms with Crippen LogP contribution >= 0.6 is 0 Å². The Bertz CT molecular complexity index is 288. The molecular formula is C16H32N2O2. The molecule has 1 rings (SSSR count). The van der Waals surface area contributed by atoms with Crippen molar-refractivity contribution in [3.63, 3.8) is 0 Å². The molecule has 4 heteroatoms. The lowest BCUT2D eigenvalue weighted by Crippen LogP contribution is -2.50. The van der Waals surface area contributed by atoms with Crippen molar-refractivity contribution >= 4 is 5.97 Å². The smallest absolute Gasteiger partial charge is 0.325 e. The summed E-state index contributed by atoms with van der Waals surface area (Å²) in [7, 11) is 1.47. The van der Waals surface area contributed by atoms with Gasteiger partial charge in [-0.2, -0.15) is 0 Å². The highest BCUT2D eigenvalue weighted by Crippen LogP contribution is 2.21. The van der Waals surface area contributed by atoms with Crippen LogP contribution in [0.15, 0.2) is 0 Å². The second kappa shape index (κ2) is 8.63. The van der Waals surface area contributed by atoms with Gasteiger partial charge in [0.1, 0.15) is 5.54 Å². The number of hydrogen-bond donors (Lipinski definition) is 1. The summed E-state index contributed by atoms with van der Waals surface area (Å²) in [6.07, 6.45) is 5.85. The summed E-state index contributed by atoms with van der Waals surface area (Å²) in [5.74, 6) is 0.775. The van der Waals surface area contributed by atoms with Crippen LogP contribution in [0.25, 0.3) is 0 Å². The molecule has 1 N–H and O–H groups in total. The molecule has 0 aromatic rings. The molecule has 1 aliphatic heterocycles. The molecule has 0 aromatic heterocycles. The first-order valence-electron chi connectivity index (χ1n) is 8.11. The van der Waals surface area contributed by atoms with Crippen molar-refractivity contribution in [1.82, 2.24) is 10.2 Å². The van der Waals surface area contributed by atoms with Gasteiger partial charge >= 0.3 is 5.97 Å². The molecule has 0 bridgehead atoms. The zero-order valence-electron chi connectivity index (χ0n) is 13.7. The number of rotatable bonds is 8. The third-order valence-corrected chi connectivity index (χ3v) is 4.64. The van der Waals surface area contributed by atoms with Crippen molar-refractivity contribution in [3.05, 3.63) is 0 Å². The molecule has 4 nitrogen and oxygen atoms in total. The average molecular weight is 284 g/mol. The second-order valence-corrected chi connectivity index (χ2v) is 6.15. The summed E-state index contributed by atoms with van der Waals surface area (Å²) in [5, 5.41) is 3.27. The van der Waals surface area contributed by atoms with Crippen molar-refractivity contribution in [3.8, 4) is 0 Å². The fourth-order valence-corrected chi connectivity index (χ4v) is 3.15. The van der Waals surface area contributed by atoms with E-state index in [9.17, 15) is 4.79 Å². The molecule has 0 aromatic carbocycles. The fraction of sp³-hybridized carbons (Fsp3) is 0.938. The van der Waals surface area contributed by atoms with Crippen LogP contribution in [-0.4, -0.2) is 49.7 Å². The van der Waals surface area contributed by atoms with Gasteiger partial charge in [-0.3, -0.25) is 4.79 Å². The van der Waals surface area contributed by atoms with Crippen LogP contribution in [0.4, 0.5) is 0 Å². The van der Waals surface area contributed by atoms with Gasteiger partial charge in [-0.1, -0.05) is 20.3 Å². The molecule has 0 spiro atoms. The number of methoxy groups -OCH3 is 1. The molecule has 1 atom stereocenters. The van der Waals surface area contributed by atoms with Crippen molar-refractivity contribution in [2.75, 3.05) is 33.3 Å². The Morgan fingerprint density at radius 2 is 2.00 bits per heavy atom. The maximum absolute atomic E-state index is 11.9. The highest BCUT2D eigenvalue weighted by atomic mass is 16.5. The van der Waals surface area contributed by atoms with E-state index >= 15 is 0 Å². The molecule has 0 saturated carbocycles. The first-order valence-corrected chi connectivity index (χ1v) is 8.11. The summed E-state index contributed by atoms with van der Waals surface area (Å²) in [4.78, 5) is 14.4. The number of nitrogens with zero attached hydrogens (tertiary/aromatic N) is 1. The highest BCUT2D eigenvalue weighted by Gasteiger charge is 2.32. The summed E-state index contributed by atoms with van der Waals surface area (Å²) in [6, 6.07) is 0. The van der Waals surface area contributed by atoms with E-state index in [1.807, 2.05) is 13.8 Å². The molecule has 1 unspecified atom stereocenters. The van der Waals surface area contributed by atoms with E-state index in [1.54, 1.807) is 0 Å². The third-order valence-electron chi connectivity index (χ3n) is 4.64. The zero-order chi connectivity index (χ0) is 15.0. The van der Waals surface area contributed by atoms with E-state index in [0.717, 1.165) is 31.8 Å². The summed E-state index contributed by atoms with van der Waals surface area (Å²) in [5.41, 5.74) is -0.536. The van der Waals surface area contributed by atoms with E-state index in [4.69, 9.17) is 4.74 Å². The van der Waals surface area contributed by atoms with E-state index in [2.05, 4.69) is 17.1 Å². The number of nitrogens with one attached hydrogen (secondary N) is 1. The molecular weight excluding hydrogens is 252 g/mol. The molecule has 20 heavy (non-hydrogen) atoms. The Hall–Kier alpha value is -0.610. The van der Waals surface area contributed by atoms with Gasteiger partial charge in [-0.15, -0.1) is 0 Å². The summed E-state index contributed by atoms with van der Waals surface area (Å²) < 4.78 is 4.92. The van der Waals surface area contributed by atoms with Gasteiger partial charge in [0.25, 0.3) is 0 Å². The molecule has 118 valence electrons. The fourth-order valence-electron chi connectivity index (χ4n) is 3.15. The van der Waals surface area contributed by atoms with E-state index in [0.29, 0.717) is 0 Å². The van der Waals surface area contributed by atoms with Crippen molar-refractivity contribution in [2.45, 2.75) is 58.4 Å². The molecule has 0 amide bonds. The number of esters is 1.